The van der Waals surface area contributed by atoms with Crippen LogP contribution in [-0.2, 0) is 0 Å². The quantitative estimate of drug-likeness (QED) is 0.929. The molecule has 2 fully saturated rings. The minimum absolute atomic E-state index is 0.257. The number of pyridine rings is 1. The molecule has 1 aliphatic carbocycles. The van der Waals surface area contributed by atoms with Crippen LogP contribution in [0.5, 0.6) is 0 Å². The van der Waals surface area contributed by atoms with E-state index >= 15 is 0 Å². The Morgan fingerprint density at radius 1 is 1.26 bits per heavy atom. The maximum atomic E-state index is 13.8. The number of nitrogens with zero attached hydrogens (tertiary/aromatic N) is 4. The first kappa shape index (κ1) is 14.8. The molecule has 4 rings (SSSR count). The van der Waals surface area contributed by atoms with Crippen LogP contribution < -0.4 is 10.2 Å². The van der Waals surface area contributed by atoms with E-state index in [0.717, 1.165) is 30.5 Å². The lowest BCUT2D eigenvalue weighted by Gasteiger charge is -2.18. The fourth-order valence-electron chi connectivity index (χ4n) is 3.50. The summed E-state index contributed by atoms with van der Waals surface area (Å²) in [5, 5.41) is 4.35. The molecule has 5 nitrogen and oxygen atoms in total. The Kier molecular flexibility index (Phi) is 4.11. The van der Waals surface area contributed by atoms with Crippen LogP contribution in [0.4, 0.5) is 15.3 Å². The predicted octanol–water partition coefficient (Wildman–Crippen LogP) is 3.42. The van der Waals surface area contributed by atoms with Gasteiger partial charge < -0.3 is 10.2 Å². The van der Waals surface area contributed by atoms with E-state index < -0.39 is 0 Å². The number of rotatable bonds is 4. The standard InChI is InChI=1S/C16H20FN5S/c17-13-6-3-8-18-15(13)22-9-7-12(10-22)19-16-20-14(21-23-16)11-4-1-2-5-11/h3,6,8,11-12H,1-2,4-5,7,9-10H2,(H,19,20,21). The van der Waals surface area contributed by atoms with Crippen molar-refractivity contribution < 1.29 is 4.39 Å². The fourth-order valence-corrected chi connectivity index (χ4v) is 4.22. The Bertz CT molecular complexity index is 670. The van der Waals surface area contributed by atoms with Crippen molar-refractivity contribution in [1.82, 2.24) is 14.3 Å². The predicted molar refractivity (Wildman–Crippen MR) is 89.6 cm³/mol. The number of anilines is 2. The van der Waals surface area contributed by atoms with Gasteiger partial charge in [-0.2, -0.15) is 4.37 Å². The van der Waals surface area contributed by atoms with Crippen LogP contribution >= 0.6 is 11.5 Å². The molecule has 0 amide bonds. The smallest absolute Gasteiger partial charge is 0.202 e. The summed E-state index contributed by atoms with van der Waals surface area (Å²) in [6, 6.07) is 3.35. The largest absolute Gasteiger partial charge is 0.356 e. The number of aromatic nitrogens is 3. The van der Waals surface area contributed by atoms with E-state index in [0.29, 0.717) is 11.7 Å². The molecule has 0 aromatic carbocycles. The molecule has 1 aliphatic heterocycles. The van der Waals surface area contributed by atoms with Gasteiger partial charge in [-0.3, -0.25) is 0 Å². The molecule has 3 heterocycles. The third-order valence-corrected chi connectivity index (χ3v) is 5.38. The molecular formula is C16H20FN5S. The lowest BCUT2D eigenvalue weighted by molar-refractivity contribution is 0.615. The van der Waals surface area contributed by atoms with E-state index in [2.05, 4.69) is 19.7 Å². The zero-order valence-corrected chi connectivity index (χ0v) is 13.7. The summed E-state index contributed by atoms with van der Waals surface area (Å²) < 4.78 is 18.3. The molecule has 2 aromatic rings. The van der Waals surface area contributed by atoms with E-state index in [1.54, 1.807) is 12.3 Å². The molecule has 1 atom stereocenters. The number of halogens is 1. The first-order chi connectivity index (χ1) is 11.3. The van der Waals surface area contributed by atoms with E-state index in [4.69, 9.17) is 0 Å². The Hall–Kier alpha value is -1.76. The van der Waals surface area contributed by atoms with Crippen LogP contribution in [0.3, 0.4) is 0 Å². The third-order valence-electron chi connectivity index (χ3n) is 4.72. The van der Waals surface area contributed by atoms with Crippen LogP contribution in [0.15, 0.2) is 18.3 Å². The van der Waals surface area contributed by atoms with E-state index in [1.165, 1.54) is 43.3 Å². The molecule has 2 aromatic heterocycles. The molecule has 2 aliphatic rings. The van der Waals surface area contributed by atoms with Gasteiger partial charge in [-0.1, -0.05) is 12.8 Å². The maximum Gasteiger partial charge on any atom is 0.202 e. The van der Waals surface area contributed by atoms with Gasteiger partial charge in [0.05, 0.1) is 0 Å². The minimum atomic E-state index is -0.257. The Morgan fingerprint density at radius 3 is 2.96 bits per heavy atom. The normalized spacial score (nSPS) is 22.0. The van der Waals surface area contributed by atoms with Crippen LogP contribution in [0.2, 0.25) is 0 Å². The van der Waals surface area contributed by atoms with Crippen molar-refractivity contribution in [3.63, 3.8) is 0 Å². The second-order valence-corrected chi connectivity index (χ2v) is 7.08. The van der Waals surface area contributed by atoms with Gasteiger partial charge in [0.25, 0.3) is 0 Å². The highest BCUT2D eigenvalue weighted by molar-refractivity contribution is 7.09. The van der Waals surface area contributed by atoms with Crippen molar-refractivity contribution in [2.24, 2.45) is 0 Å². The van der Waals surface area contributed by atoms with E-state index in [1.807, 2.05) is 4.90 Å². The van der Waals surface area contributed by atoms with Crippen molar-refractivity contribution in [2.45, 2.75) is 44.1 Å². The van der Waals surface area contributed by atoms with Crippen molar-refractivity contribution in [3.8, 4) is 0 Å². The van der Waals surface area contributed by atoms with Gasteiger partial charge in [0.1, 0.15) is 5.82 Å². The van der Waals surface area contributed by atoms with Crippen molar-refractivity contribution in [2.75, 3.05) is 23.3 Å². The topological polar surface area (TPSA) is 53.9 Å². The molecule has 1 saturated carbocycles. The molecule has 122 valence electrons. The number of nitrogens with one attached hydrogen (secondary N) is 1. The second kappa shape index (κ2) is 6.39. The lowest BCUT2D eigenvalue weighted by Crippen LogP contribution is -2.27. The van der Waals surface area contributed by atoms with Crippen molar-refractivity contribution >= 4 is 22.5 Å². The van der Waals surface area contributed by atoms with Gasteiger partial charge in [0.15, 0.2) is 11.6 Å². The molecule has 1 N–H and O–H groups in total. The summed E-state index contributed by atoms with van der Waals surface area (Å²) in [5.74, 6) is 1.73. The Balaban J connectivity index is 1.38. The van der Waals surface area contributed by atoms with Crippen molar-refractivity contribution in [3.05, 3.63) is 30.0 Å². The molecular weight excluding hydrogens is 313 g/mol. The lowest BCUT2D eigenvalue weighted by atomic mass is 10.1. The summed E-state index contributed by atoms with van der Waals surface area (Å²) in [6.07, 6.45) is 7.60. The zero-order chi connectivity index (χ0) is 15.6. The highest BCUT2D eigenvalue weighted by atomic mass is 32.1. The zero-order valence-electron chi connectivity index (χ0n) is 12.9. The Morgan fingerprint density at radius 2 is 2.13 bits per heavy atom. The number of hydrogen-bond donors (Lipinski definition) is 1. The highest BCUT2D eigenvalue weighted by Crippen LogP contribution is 2.34. The average molecular weight is 333 g/mol. The summed E-state index contributed by atoms with van der Waals surface area (Å²) in [7, 11) is 0. The van der Waals surface area contributed by atoms with Gasteiger partial charge in [0, 0.05) is 42.8 Å². The van der Waals surface area contributed by atoms with Gasteiger partial charge in [-0.15, -0.1) is 0 Å². The molecule has 0 radical (unpaired) electrons. The molecule has 0 bridgehead atoms. The summed E-state index contributed by atoms with van der Waals surface area (Å²) in [6.45, 7) is 1.55. The SMILES string of the molecule is Fc1cccnc1N1CCC(Nc2nc(C3CCCC3)ns2)C1. The Labute approximate surface area is 139 Å². The second-order valence-electron chi connectivity index (χ2n) is 6.32. The van der Waals surface area contributed by atoms with Crippen LogP contribution in [0.1, 0.15) is 43.8 Å². The average Bonchev–Trinajstić information content (AvgIpc) is 3.29. The maximum absolute atomic E-state index is 13.8. The van der Waals surface area contributed by atoms with Gasteiger partial charge in [-0.25, -0.2) is 14.4 Å². The van der Waals surface area contributed by atoms with Crippen LogP contribution in [-0.4, -0.2) is 33.5 Å². The molecule has 0 spiro atoms. The summed E-state index contributed by atoms with van der Waals surface area (Å²) >= 11 is 1.44. The highest BCUT2D eigenvalue weighted by Gasteiger charge is 2.27. The van der Waals surface area contributed by atoms with Gasteiger partial charge >= 0.3 is 0 Å². The van der Waals surface area contributed by atoms with Crippen molar-refractivity contribution in [1.29, 1.82) is 0 Å². The van der Waals surface area contributed by atoms with Gasteiger partial charge in [0.2, 0.25) is 5.13 Å². The molecule has 7 heteroatoms. The molecule has 1 saturated heterocycles. The fraction of sp³-hybridized carbons (Fsp3) is 0.562. The monoisotopic (exact) mass is 333 g/mol. The first-order valence-electron chi connectivity index (χ1n) is 8.25. The minimum Gasteiger partial charge on any atom is -0.356 e. The van der Waals surface area contributed by atoms with Crippen LogP contribution in [0, 0.1) is 5.82 Å². The molecule has 23 heavy (non-hydrogen) atoms. The summed E-state index contributed by atoms with van der Waals surface area (Å²) in [5.41, 5.74) is 0. The first-order valence-corrected chi connectivity index (χ1v) is 9.02. The van der Waals surface area contributed by atoms with E-state index in [9.17, 15) is 4.39 Å². The summed E-state index contributed by atoms with van der Waals surface area (Å²) in [4.78, 5) is 10.8. The van der Waals surface area contributed by atoms with Gasteiger partial charge in [-0.05, 0) is 31.4 Å². The number of hydrogen-bond acceptors (Lipinski definition) is 6. The third kappa shape index (κ3) is 3.15. The van der Waals surface area contributed by atoms with E-state index in [-0.39, 0.29) is 11.9 Å². The molecule has 1 unspecified atom stereocenters. The van der Waals surface area contributed by atoms with Crippen LogP contribution in [0.25, 0.3) is 0 Å².